The fourth-order valence-electron chi connectivity index (χ4n) is 2.72. The van der Waals surface area contributed by atoms with E-state index in [9.17, 15) is 18.0 Å². The summed E-state index contributed by atoms with van der Waals surface area (Å²) < 4.78 is 43.3. The maximum Gasteiger partial charge on any atom is 0.416 e. The van der Waals surface area contributed by atoms with Crippen molar-refractivity contribution in [1.29, 1.82) is 0 Å². The zero-order valence-electron chi connectivity index (χ0n) is 15.1. The Kier molecular flexibility index (Phi) is 5.81. The highest BCUT2D eigenvalue weighted by atomic mass is 19.4. The topological polar surface area (TPSA) is 92.3 Å². The van der Waals surface area contributed by atoms with Crippen LogP contribution in [0, 0.1) is 0 Å². The number of hydrogen-bond donors (Lipinski definition) is 2. The first-order chi connectivity index (χ1) is 13.3. The molecule has 0 bridgehead atoms. The van der Waals surface area contributed by atoms with Crippen molar-refractivity contribution < 1.29 is 22.7 Å². The van der Waals surface area contributed by atoms with E-state index in [0.29, 0.717) is 5.95 Å². The number of ether oxygens (including phenoxy) is 1. The molecule has 2 N–H and O–H groups in total. The predicted molar refractivity (Wildman–Crippen MR) is 95.1 cm³/mol. The zero-order valence-corrected chi connectivity index (χ0v) is 15.1. The highest BCUT2D eigenvalue weighted by molar-refractivity contribution is 5.89. The van der Waals surface area contributed by atoms with Gasteiger partial charge in [-0.1, -0.05) is 6.07 Å². The number of hydrogen-bond acceptors (Lipinski definition) is 6. The molecule has 1 aromatic carbocycles. The van der Waals surface area contributed by atoms with Crippen LogP contribution < -0.4 is 20.3 Å². The molecular formula is C17H19F3N6O2. The van der Waals surface area contributed by atoms with Gasteiger partial charge in [0.1, 0.15) is 0 Å². The first kappa shape index (κ1) is 19.6. The van der Waals surface area contributed by atoms with Crippen molar-refractivity contribution in [2.75, 3.05) is 30.4 Å². The van der Waals surface area contributed by atoms with Crippen molar-refractivity contribution in [3.8, 4) is 6.01 Å². The normalized spacial score (nSPS) is 14.1. The first-order valence-corrected chi connectivity index (χ1v) is 8.61. The lowest BCUT2D eigenvalue weighted by atomic mass is 10.2. The van der Waals surface area contributed by atoms with Crippen LogP contribution in [0.5, 0.6) is 6.01 Å². The Bertz CT molecular complexity index is 840. The van der Waals surface area contributed by atoms with E-state index >= 15 is 0 Å². The van der Waals surface area contributed by atoms with Gasteiger partial charge in [0.15, 0.2) is 5.82 Å². The summed E-state index contributed by atoms with van der Waals surface area (Å²) in [5, 5.41) is 4.88. The van der Waals surface area contributed by atoms with E-state index in [1.165, 1.54) is 19.2 Å². The number of nitrogens with one attached hydrogen (secondary N) is 2. The third kappa shape index (κ3) is 4.99. The molecule has 2 aromatic rings. The second kappa shape index (κ2) is 8.28. The Labute approximate surface area is 159 Å². The third-order valence-electron chi connectivity index (χ3n) is 4.08. The van der Waals surface area contributed by atoms with Crippen molar-refractivity contribution >= 4 is 17.7 Å². The van der Waals surface area contributed by atoms with Gasteiger partial charge >= 0.3 is 18.2 Å². The maximum absolute atomic E-state index is 12.7. The SMILES string of the molecule is COc1nc(CNC(=O)Nc2cccc(C(F)(F)F)c2)nc(N2CCCC2)n1. The molecule has 0 saturated carbocycles. The number of anilines is 2. The number of rotatable bonds is 5. The smallest absolute Gasteiger partial charge is 0.416 e. The summed E-state index contributed by atoms with van der Waals surface area (Å²) in [7, 11) is 1.43. The van der Waals surface area contributed by atoms with Crippen LogP contribution in [0.15, 0.2) is 24.3 Å². The Balaban J connectivity index is 1.63. The molecule has 8 nitrogen and oxygen atoms in total. The molecule has 0 spiro atoms. The summed E-state index contributed by atoms with van der Waals surface area (Å²) >= 11 is 0. The van der Waals surface area contributed by atoms with Crippen molar-refractivity contribution in [3.05, 3.63) is 35.7 Å². The largest absolute Gasteiger partial charge is 0.467 e. The van der Waals surface area contributed by atoms with Crippen LogP contribution in [0.1, 0.15) is 24.2 Å². The van der Waals surface area contributed by atoms with E-state index < -0.39 is 17.8 Å². The highest BCUT2D eigenvalue weighted by Gasteiger charge is 2.30. The van der Waals surface area contributed by atoms with E-state index in [2.05, 4.69) is 25.6 Å². The lowest BCUT2D eigenvalue weighted by Crippen LogP contribution is -2.30. The second-order valence-electron chi connectivity index (χ2n) is 6.12. The fraction of sp³-hybridized carbons (Fsp3) is 0.412. The van der Waals surface area contributed by atoms with Gasteiger partial charge in [0.25, 0.3) is 0 Å². The Morgan fingerprint density at radius 2 is 1.96 bits per heavy atom. The summed E-state index contributed by atoms with van der Waals surface area (Å²) in [6.45, 7) is 1.62. The van der Waals surface area contributed by atoms with Gasteiger partial charge in [0.2, 0.25) is 5.95 Å². The van der Waals surface area contributed by atoms with Gasteiger partial charge in [-0.15, -0.1) is 0 Å². The summed E-state index contributed by atoms with van der Waals surface area (Å²) in [5.74, 6) is 0.757. The van der Waals surface area contributed by atoms with Gasteiger partial charge < -0.3 is 20.3 Å². The van der Waals surface area contributed by atoms with Crippen LogP contribution >= 0.6 is 0 Å². The van der Waals surface area contributed by atoms with Crippen LogP contribution in [0.4, 0.5) is 29.6 Å². The Morgan fingerprint density at radius 1 is 1.21 bits per heavy atom. The van der Waals surface area contributed by atoms with Gasteiger partial charge in [-0.3, -0.25) is 0 Å². The van der Waals surface area contributed by atoms with Crippen LogP contribution in [0.3, 0.4) is 0 Å². The minimum Gasteiger partial charge on any atom is -0.467 e. The average molecular weight is 396 g/mol. The number of carbonyl (C=O) groups is 1. The molecular weight excluding hydrogens is 377 g/mol. The third-order valence-corrected chi connectivity index (χ3v) is 4.08. The summed E-state index contributed by atoms with van der Waals surface area (Å²) in [6.07, 6.45) is -2.40. The Hall–Kier alpha value is -3.11. The zero-order chi connectivity index (χ0) is 20.1. The van der Waals surface area contributed by atoms with Gasteiger partial charge in [-0.2, -0.15) is 28.1 Å². The molecule has 1 aliphatic heterocycles. The maximum atomic E-state index is 12.7. The highest BCUT2D eigenvalue weighted by Crippen LogP contribution is 2.30. The lowest BCUT2D eigenvalue weighted by molar-refractivity contribution is -0.137. The van der Waals surface area contributed by atoms with Crippen molar-refractivity contribution in [2.45, 2.75) is 25.6 Å². The molecule has 2 amide bonds. The molecule has 28 heavy (non-hydrogen) atoms. The molecule has 2 heterocycles. The molecule has 0 aliphatic carbocycles. The van der Waals surface area contributed by atoms with Crippen LogP contribution in [0.2, 0.25) is 0 Å². The summed E-state index contributed by atoms with van der Waals surface area (Å²) in [6, 6.07) is 3.83. The minimum atomic E-state index is -4.48. The van der Waals surface area contributed by atoms with Gasteiger partial charge in [0, 0.05) is 18.8 Å². The first-order valence-electron chi connectivity index (χ1n) is 8.61. The van der Waals surface area contributed by atoms with E-state index in [0.717, 1.165) is 38.1 Å². The lowest BCUT2D eigenvalue weighted by Gasteiger charge is -2.16. The van der Waals surface area contributed by atoms with Crippen molar-refractivity contribution in [3.63, 3.8) is 0 Å². The number of aromatic nitrogens is 3. The van der Waals surface area contributed by atoms with E-state index in [-0.39, 0.29) is 24.1 Å². The van der Waals surface area contributed by atoms with E-state index in [1.807, 2.05) is 4.90 Å². The van der Waals surface area contributed by atoms with E-state index in [4.69, 9.17) is 4.74 Å². The number of urea groups is 1. The van der Waals surface area contributed by atoms with Gasteiger partial charge in [-0.25, -0.2) is 4.79 Å². The number of alkyl halides is 3. The van der Waals surface area contributed by atoms with Crippen LogP contribution in [-0.2, 0) is 12.7 Å². The molecule has 1 aliphatic rings. The Morgan fingerprint density at radius 3 is 2.64 bits per heavy atom. The fourth-order valence-corrected chi connectivity index (χ4v) is 2.72. The van der Waals surface area contributed by atoms with Crippen molar-refractivity contribution in [1.82, 2.24) is 20.3 Å². The average Bonchev–Trinajstić information content (AvgIpc) is 3.20. The summed E-state index contributed by atoms with van der Waals surface area (Å²) in [5.41, 5.74) is -0.818. The standard InChI is InChI=1S/C17H19F3N6O2/c1-28-16-24-13(23-14(25-16)26-7-2-3-8-26)10-21-15(27)22-12-6-4-5-11(9-12)17(18,19)20/h4-6,9H,2-3,7-8,10H2,1H3,(H2,21,22,27). The molecule has 0 radical (unpaired) electrons. The number of carbonyl (C=O) groups excluding carboxylic acids is 1. The molecule has 1 saturated heterocycles. The predicted octanol–water partition coefficient (Wildman–Crippen LogP) is 2.82. The van der Waals surface area contributed by atoms with Gasteiger partial charge in [-0.05, 0) is 31.0 Å². The van der Waals surface area contributed by atoms with E-state index in [1.54, 1.807) is 0 Å². The van der Waals surface area contributed by atoms with Gasteiger partial charge in [0.05, 0.1) is 19.2 Å². The van der Waals surface area contributed by atoms with Crippen LogP contribution in [-0.4, -0.2) is 41.2 Å². The molecule has 1 aromatic heterocycles. The molecule has 1 fully saturated rings. The second-order valence-corrected chi connectivity index (χ2v) is 6.12. The molecule has 0 atom stereocenters. The van der Waals surface area contributed by atoms with Crippen LogP contribution in [0.25, 0.3) is 0 Å². The number of methoxy groups -OCH3 is 1. The number of halogens is 3. The molecule has 3 rings (SSSR count). The monoisotopic (exact) mass is 396 g/mol. The molecule has 11 heteroatoms. The summed E-state index contributed by atoms with van der Waals surface area (Å²) in [4.78, 5) is 26.6. The van der Waals surface area contributed by atoms with Crippen molar-refractivity contribution in [2.24, 2.45) is 0 Å². The number of benzene rings is 1. The molecule has 150 valence electrons. The minimum absolute atomic E-state index is 0.0262. The quantitative estimate of drug-likeness (QED) is 0.808. The molecule has 0 unspecified atom stereocenters. The number of nitrogens with zero attached hydrogens (tertiary/aromatic N) is 4. The number of amides is 2.